The standard InChI is InChI=1S/C15H23NO3/c1-7-15(5,6)16-11(4)13(14(18)19-8-2)10(3)9-12(16)17/h9H,7-8H2,1-6H3. The van der Waals surface area contributed by atoms with Crippen molar-refractivity contribution in [2.24, 2.45) is 0 Å². The lowest BCUT2D eigenvalue weighted by Gasteiger charge is -2.29. The van der Waals surface area contributed by atoms with Crippen LogP contribution in [0.5, 0.6) is 0 Å². The quantitative estimate of drug-likeness (QED) is 0.786. The number of esters is 1. The summed E-state index contributed by atoms with van der Waals surface area (Å²) in [5.74, 6) is -0.363. The van der Waals surface area contributed by atoms with E-state index < -0.39 is 0 Å². The van der Waals surface area contributed by atoms with Gasteiger partial charge < -0.3 is 9.30 Å². The third-order valence-corrected chi connectivity index (χ3v) is 3.60. The maximum atomic E-state index is 12.2. The molecule has 106 valence electrons. The molecule has 4 heteroatoms. The average molecular weight is 265 g/mol. The largest absolute Gasteiger partial charge is 0.462 e. The molecule has 0 atom stereocenters. The van der Waals surface area contributed by atoms with Crippen LogP contribution in [-0.2, 0) is 10.3 Å². The number of aryl methyl sites for hydroxylation is 1. The van der Waals surface area contributed by atoms with E-state index in [0.29, 0.717) is 23.4 Å². The van der Waals surface area contributed by atoms with Crippen LogP contribution in [0, 0.1) is 13.8 Å². The van der Waals surface area contributed by atoms with Crippen molar-refractivity contribution in [2.75, 3.05) is 6.61 Å². The minimum absolute atomic E-state index is 0.0742. The number of rotatable bonds is 4. The number of nitrogens with zero attached hydrogens (tertiary/aromatic N) is 1. The van der Waals surface area contributed by atoms with E-state index in [1.807, 2.05) is 20.8 Å². The molecule has 0 bridgehead atoms. The number of hydrogen-bond acceptors (Lipinski definition) is 3. The highest BCUT2D eigenvalue weighted by molar-refractivity contribution is 5.92. The molecule has 0 aromatic carbocycles. The van der Waals surface area contributed by atoms with Crippen molar-refractivity contribution in [2.45, 2.75) is 53.5 Å². The lowest BCUT2D eigenvalue weighted by Crippen LogP contribution is -2.38. The van der Waals surface area contributed by atoms with Gasteiger partial charge in [0, 0.05) is 17.3 Å². The van der Waals surface area contributed by atoms with E-state index in [4.69, 9.17) is 4.74 Å². The van der Waals surface area contributed by atoms with E-state index >= 15 is 0 Å². The molecule has 4 nitrogen and oxygen atoms in total. The van der Waals surface area contributed by atoms with E-state index in [2.05, 4.69) is 0 Å². The SMILES string of the molecule is CCOC(=O)c1c(C)cc(=O)n(C(C)(C)CC)c1C. The second-order valence-electron chi connectivity index (χ2n) is 5.35. The van der Waals surface area contributed by atoms with E-state index in [1.54, 1.807) is 25.3 Å². The monoisotopic (exact) mass is 265 g/mol. The third kappa shape index (κ3) is 2.88. The highest BCUT2D eigenvalue weighted by Gasteiger charge is 2.25. The fourth-order valence-electron chi connectivity index (χ4n) is 2.31. The summed E-state index contributed by atoms with van der Waals surface area (Å²) < 4.78 is 6.76. The van der Waals surface area contributed by atoms with Crippen LogP contribution in [0.2, 0.25) is 0 Å². The molecule has 1 aromatic heterocycles. The van der Waals surface area contributed by atoms with Gasteiger partial charge in [-0.05, 0) is 46.6 Å². The maximum Gasteiger partial charge on any atom is 0.340 e. The first-order chi connectivity index (χ1) is 8.76. The second kappa shape index (κ2) is 5.59. The van der Waals surface area contributed by atoms with Gasteiger partial charge in [-0.25, -0.2) is 4.79 Å². The molecule has 19 heavy (non-hydrogen) atoms. The van der Waals surface area contributed by atoms with Crippen molar-refractivity contribution in [1.29, 1.82) is 0 Å². The molecule has 1 rings (SSSR count). The zero-order valence-corrected chi connectivity index (χ0v) is 12.7. The summed E-state index contributed by atoms with van der Waals surface area (Å²) in [4.78, 5) is 24.2. The smallest absolute Gasteiger partial charge is 0.340 e. The van der Waals surface area contributed by atoms with Gasteiger partial charge in [-0.3, -0.25) is 4.79 Å². The summed E-state index contributed by atoms with van der Waals surface area (Å²) in [6, 6.07) is 1.51. The Morgan fingerprint density at radius 3 is 2.37 bits per heavy atom. The highest BCUT2D eigenvalue weighted by atomic mass is 16.5. The lowest BCUT2D eigenvalue weighted by atomic mass is 9.98. The van der Waals surface area contributed by atoms with Crippen molar-refractivity contribution in [3.8, 4) is 0 Å². The lowest BCUT2D eigenvalue weighted by molar-refractivity contribution is 0.0522. The minimum atomic E-state index is -0.363. The van der Waals surface area contributed by atoms with Crippen molar-refractivity contribution in [3.05, 3.63) is 33.2 Å². The zero-order chi connectivity index (χ0) is 14.8. The molecular weight excluding hydrogens is 242 g/mol. The Kier molecular flexibility index (Phi) is 4.56. The minimum Gasteiger partial charge on any atom is -0.462 e. The van der Waals surface area contributed by atoms with Crippen LogP contribution in [0.15, 0.2) is 10.9 Å². The fourth-order valence-corrected chi connectivity index (χ4v) is 2.31. The van der Waals surface area contributed by atoms with Gasteiger partial charge in [0.1, 0.15) is 0 Å². The Bertz CT molecular complexity index is 541. The van der Waals surface area contributed by atoms with Crippen molar-refractivity contribution in [3.63, 3.8) is 0 Å². The first-order valence-corrected chi connectivity index (χ1v) is 6.67. The number of hydrogen-bond donors (Lipinski definition) is 0. The first kappa shape index (κ1) is 15.5. The molecule has 1 aromatic rings. The summed E-state index contributed by atoms with van der Waals surface area (Å²) in [5, 5.41) is 0. The van der Waals surface area contributed by atoms with E-state index in [0.717, 1.165) is 6.42 Å². The summed E-state index contributed by atoms with van der Waals surface area (Å²) >= 11 is 0. The van der Waals surface area contributed by atoms with Crippen LogP contribution in [0.3, 0.4) is 0 Å². The van der Waals surface area contributed by atoms with Crippen LogP contribution in [-0.4, -0.2) is 17.1 Å². The molecule has 0 spiro atoms. The second-order valence-corrected chi connectivity index (χ2v) is 5.35. The molecule has 0 saturated heterocycles. The molecule has 0 aliphatic heterocycles. The maximum absolute atomic E-state index is 12.2. The molecule has 0 aliphatic carbocycles. The summed E-state index contributed by atoms with van der Waals surface area (Å²) in [6.45, 7) is 11.7. The van der Waals surface area contributed by atoms with E-state index in [9.17, 15) is 9.59 Å². The number of carbonyl (C=O) groups is 1. The third-order valence-electron chi connectivity index (χ3n) is 3.60. The Labute approximate surface area is 114 Å². The van der Waals surface area contributed by atoms with E-state index in [1.165, 1.54) is 6.07 Å². The topological polar surface area (TPSA) is 48.3 Å². The molecule has 0 N–H and O–H groups in total. The first-order valence-electron chi connectivity index (χ1n) is 6.67. The Morgan fingerprint density at radius 1 is 1.32 bits per heavy atom. The predicted octanol–water partition coefficient (Wildman–Crippen LogP) is 2.79. The number of pyridine rings is 1. The van der Waals surface area contributed by atoms with E-state index in [-0.39, 0.29) is 17.1 Å². The van der Waals surface area contributed by atoms with Crippen molar-refractivity contribution in [1.82, 2.24) is 4.57 Å². The predicted molar refractivity (Wildman–Crippen MR) is 75.7 cm³/mol. The number of ether oxygens (including phenoxy) is 1. The highest BCUT2D eigenvalue weighted by Crippen LogP contribution is 2.22. The van der Waals surface area contributed by atoms with Gasteiger partial charge in [0.2, 0.25) is 0 Å². The summed E-state index contributed by atoms with van der Waals surface area (Å²) in [5.41, 5.74) is 1.45. The van der Waals surface area contributed by atoms with Crippen LogP contribution < -0.4 is 5.56 Å². The van der Waals surface area contributed by atoms with Crippen LogP contribution >= 0.6 is 0 Å². The summed E-state index contributed by atoms with van der Waals surface area (Å²) in [6.07, 6.45) is 0.805. The fraction of sp³-hybridized carbons (Fsp3) is 0.600. The molecule has 1 heterocycles. The molecular formula is C15H23NO3. The normalized spacial score (nSPS) is 11.5. The van der Waals surface area contributed by atoms with Gasteiger partial charge in [0.25, 0.3) is 5.56 Å². The Hall–Kier alpha value is -1.58. The molecule has 0 fully saturated rings. The van der Waals surface area contributed by atoms with Gasteiger partial charge in [-0.15, -0.1) is 0 Å². The van der Waals surface area contributed by atoms with Crippen LogP contribution in [0.1, 0.15) is 55.7 Å². The number of aromatic nitrogens is 1. The van der Waals surface area contributed by atoms with Gasteiger partial charge in [-0.1, -0.05) is 6.92 Å². The van der Waals surface area contributed by atoms with Gasteiger partial charge in [0.15, 0.2) is 0 Å². The van der Waals surface area contributed by atoms with Crippen molar-refractivity contribution < 1.29 is 9.53 Å². The molecule has 0 aliphatic rings. The van der Waals surface area contributed by atoms with Gasteiger partial charge in [0.05, 0.1) is 12.2 Å². The molecule has 0 saturated carbocycles. The summed E-state index contributed by atoms with van der Waals surface area (Å²) in [7, 11) is 0. The van der Waals surface area contributed by atoms with Gasteiger partial charge >= 0.3 is 5.97 Å². The molecule has 0 amide bonds. The van der Waals surface area contributed by atoms with Crippen molar-refractivity contribution >= 4 is 5.97 Å². The van der Waals surface area contributed by atoms with Crippen LogP contribution in [0.25, 0.3) is 0 Å². The zero-order valence-electron chi connectivity index (χ0n) is 12.7. The Balaban J connectivity index is 3.57. The Morgan fingerprint density at radius 2 is 1.89 bits per heavy atom. The molecule has 0 radical (unpaired) electrons. The van der Waals surface area contributed by atoms with Gasteiger partial charge in [-0.2, -0.15) is 0 Å². The average Bonchev–Trinajstić information content (AvgIpc) is 2.28. The van der Waals surface area contributed by atoms with Crippen LogP contribution in [0.4, 0.5) is 0 Å². The molecule has 0 unspecified atom stereocenters. The number of carbonyl (C=O) groups excluding carboxylic acids is 1.